The Morgan fingerprint density at radius 3 is 2.84 bits per heavy atom. The number of halogens is 1. The molecule has 0 amide bonds. The van der Waals surface area contributed by atoms with Crippen molar-refractivity contribution in [3.8, 4) is 0 Å². The number of anilines is 1. The average Bonchev–Trinajstić information content (AvgIpc) is 2.86. The van der Waals surface area contributed by atoms with Gasteiger partial charge < -0.3 is 5.73 Å². The van der Waals surface area contributed by atoms with E-state index in [1.165, 1.54) is 10.4 Å². The van der Waals surface area contributed by atoms with Gasteiger partial charge in [-0.3, -0.25) is 4.90 Å². The van der Waals surface area contributed by atoms with Crippen LogP contribution in [0.25, 0.3) is 0 Å². The first-order chi connectivity index (χ1) is 9.06. The van der Waals surface area contributed by atoms with Crippen LogP contribution in [0.3, 0.4) is 0 Å². The SMILES string of the molecule is CC(Cc1cccs1)N(C)Cc1cc(N)ccc1Br. The predicted molar refractivity (Wildman–Crippen MR) is 87.5 cm³/mol. The molecular weight excluding hydrogens is 320 g/mol. The van der Waals surface area contributed by atoms with Gasteiger partial charge in [0.1, 0.15) is 0 Å². The van der Waals surface area contributed by atoms with Gasteiger partial charge >= 0.3 is 0 Å². The molecule has 0 aliphatic carbocycles. The second kappa shape index (κ2) is 6.55. The van der Waals surface area contributed by atoms with E-state index in [0.717, 1.165) is 23.1 Å². The molecule has 0 spiro atoms. The molecule has 0 radical (unpaired) electrons. The van der Waals surface area contributed by atoms with E-state index < -0.39 is 0 Å². The van der Waals surface area contributed by atoms with Crippen LogP contribution in [0.4, 0.5) is 5.69 Å². The average molecular weight is 339 g/mol. The Balaban J connectivity index is 1.99. The molecular formula is C15H19BrN2S. The minimum atomic E-state index is 0.506. The molecule has 4 heteroatoms. The summed E-state index contributed by atoms with van der Waals surface area (Å²) in [5.74, 6) is 0. The molecule has 2 rings (SSSR count). The summed E-state index contributed by atoms with van der Waals surface area (Å²) in [4.78, 5) is 3.80. The summed E-state index contributed by atoms with van der Waals surface area (Å²) >= 11 is 5.41. The van der Waals surface area contributed by atoms with E-state index in [1.54, 1.807) is 0 Å². The molecule has 0 bridgehead atoms. The molecule has 2 aromatic rings. The lowest BCUT2D eigenvalue weighted by Gasteiger charge is -2.25. The van der Waals surface area contributed by atoms with Crippen LogP contribution in [0.1, 0.15) is 17.4 Å². The van der Waals surface area contributed by atoms with E-state index in [-0.39, 0.29) is 0 Å². The fourth-order valence-corrected chi connectivity index (χ4v) is 3.21. The van der Waals surface area contributed by atoms with Crippen molar-refractivity contribution in [3.63, 3.8) is 0 Å². The number of nitrogen functional groups attached to an aromatic ring is 1. The highest BCUT2D eigenvalue weighted by molar-refractivity contribution is 9.10. The first-order valence-electron chi connectivity index (χ1n) is 6.33. The summed E-state index contributed by atoms with van der Waals surface area (Å²) in [6, 6.07) is 10.8. The standard InChI is InChI=1S/C15H19BrN2S/c1-11(8-14-4-3-7-19-14)18(2)10-12-9-13(17)5-6-15(12)16/h3-7,9,11H,8,10,17H2,1-2H3. The summed E-state index contributed by atoms with van der Waals surface area (Å²) in [6.45, 7) is 3.16. The Labute approximate surface area is 127 Å². The van der Waals surface area contributed by atoms with Gasteiger partial charge in [0, 0.05) is 27.6 Å². The van der Waals surface area contributed by atoms with Crippen molar-refractivity contribution in [3.05, 3.63) is 50.6 Å². The Bertz CT molecular complexity index is 525. The zero-order chi connectivity index (χ0) is 13.8. The van der Waals surface area contributed by atoms with E-state index in [1.807, 2.05) is 29.5 Å². The van der Waals surface area contributed by atoms with Gasteiger partial charge in [-0.15, -0.1) is 11.3 Å². The van der Waals surface area contributed by atoms with Crippen LogP contribution in [0, 0.1) is 0 Å². The number of thiophene rings is 1. The smallest absolute Gasteiger partial charge is 0.0318 e. The molecule has 2 N–H and O–H groups in total. The lowest BCUT2D eigenvalue weighted by atomic mass is 10.1. The molecule has 0 aliphatic heterocycles. The molecule has 1 aromatic carbocycles. The van der Waals surface area contributed by atoms with Crippen LogP contribution < -0.4 is 5.73 Å². The summed E-state index contributed by atoms with van der Waals surface area (Å²) in [7, 11) is 2.16. The van der Waals surface area contributed by atoms with Crippen molar-refractivity contribution in [2.45, 2.75) is 25.9 Å². The molecule has 2 nitrogen and oxygen atoms in total. The zero-order valence-corrected chi connectivity index (χ0v) is 13.7. The summed E-state index contributed by atoms with van der Waals surface area (Å²) < 4.78 is 1.12. The molecule has 1 unspecified atom stereocenters. The minimum Gasteiger partial charge on any atom is -0.399 e. The number of nitrogens with two attached hydrogens (primary N) is 1. The molecule has 0 saturated carbocycles. The van der Waals surface area contributed by atoms with Crippen LogP contribution in [0.15, 0.2) is 40.2 Å². The first kappa shape index (κ1) is 14.6. The van der Waals surface area contributed by atoms with Gasteiger partial charge in [-0.05, 0) is 55.6 Å². The summed E-state index contributed by atoms with van der Waals surface area (Å²) in [6.07, 6.45) is 1.09. The maximum atomic E-state index is 5.85. The zero-order valence-electron chi connectivity index (χ0n) is 11.3. The highest BCUT2D eigenvalue weighted by Crippen LogP contribution is 2.22. The molecule has 0 fully saturated rings. The highest BCUT2D eigenvalue weighted by Gasteiger charge is 2.12. The molecule has 1 atom stereocenters. The van der Waals surface area contributed by atoms with Crippen LogP contribution >= 0.6 is 27.3 Å². The lowest BCUT2D eigenvalue weighted by Crippen LogP contribution is -2.30. The van der Waals surface area contributed by atoms with Crippen LogP contribution in [-0.4, -0.2) is 18.0 Å². The fourth-order valence-electron chi connectivity index (χ4n) is 2.02. The number of nitrogens with zero attached hydrogens (tertiary/aromatic N) is 1. The van der Waals surface area contributed by atoms with E-state index in [0.29, 0.717) is 6.04 Å². The Hall–Kier alpha value is -0.840. The molecule has 1 aromatic heterocycles. The van der Waals surface area contributed by atoms with Crippen molar-refractivity contribution >= 4 is 33.0 Å². The maximum Gasteiger partial charge on any atom is 0.0318 e. The van der Waals surface area contributed by atoms with Gasteiger partial charge in [0.2, 0.25) is 0 Å². The van der Waals surface area contributed by atoms with Gasteiger partial charge in [0.25, 0.3) is 0 Å². The molecule has 0 aliphatic rings. The monoisotopic (exact) mass is 338 g/mol. The van der Waals surface area contributed by atoms with Crippen LogP contribution in [0.2, 0.25) is 0 Å². The minimum absolute atomic E-state index is 0.506. The second-order valence-electron chi connectivity index (χ2n) is 4.90. The topological polar surface area (TPSA) is 29.3 Å². The normalized spacial score (nSPS) is 12.8. The van der Waals surface area contributed by atoms with E-state index >= 15 is 0 Å². The molecule has 19 heavy (non-hydrogen) atoms. The van der Waals surface area contributed by atoms with Crippen molar-refractivity contribution in [2.75, 3.05) is 12.8 Å². The van der Waals surface area contributed by atoms with Crippen LogP contribution in [0.5, 0.6) is 0 Å². The van der Waals surface area contributed by atoms with E-state index in [4.69, 9.17) is 5.73 Å². The van der Waals surface area contributed by atoms with E-state index in [9.17, 15) is 0 Å². The number of hydrogen-bond donors (Lipinski definition) is 1. The third-order valence-electron chi connectivity index (χ3n) is 3.32. The molecule has 1 heterocycles. The third kappa shape index (κ3) is 4.06. The first-order valence-corrected chi connectivity index (χ1v) is 8.00. The largest absolute Gasteiger partial charge is 0.399 e. The predicted octanol–water partition coefficient (Wildman–Crippen LogP) is 4.16. The van der Waals surface area contributed by atoms with E-state index in [2.05, 4.69) is 52.3 Å². The van der Waals surface area contributed by atoms with Crippen LogP contribution in [-0.2, 0) is 13.0 Å². The quantitative estimate of drug-likeness (QED) is 0.829. The molecule has 0 saturated heterocycles. The van der Waals surface area contributed by atoms with Crippen molar-refractivity contribution in [2.24, 2.45) is 0 Å². The van der Waals surface area contributed by atoms with Gasteiger partial charge in [-0.1, -0.05) is 22.0 Å². The molecule has 102 valence electrons. The van der Waals surface area contributed by atoms with Crippen molar-refractivity contribution < 1.29 is 0 Å². The van der Waals surface area contributed by atoms with Gasteiger partial charge in [0.05, 0.1) is 0 Å². The summed E-state index contributed by atoms with van der Waals surface area (Å²) in [5, 5.41) is 2.14. The second-order valence-corrected chi connectivity index (χ2v) is 6.79. The lowest BCUT2D eigenvalue weighted by molar-refractivity contribution is 0.248. The Morgan fingerprint density at radius 2 is 2.16 bits per heavy atom. The number of hydrogen-bond acceptors (Lipinski definition) is 3. The Kier molecular flexibility index (Phi) is 5.02. The van der Waals surface area contributed by atoms with Crippen molar-refractivity contribution in [1.29, 1.82) is 0 Å². The fraction of sp³-hybridized carbons (Fsp3) is 0.333. The van der Waals surface area contributed by atoms with Gasteiger partial charge in [-0.25, -0.2) is 0 Å². The number of likely N-dealkylation sites (N-methyl/N-ethyl adjacent to an activating group) is 1. The Morgan fingerprint density at radius 1 is 1.37 bits per heavy atom. The maximum absolute atomic E-state index is 5.85. The van der Waals surface area contributed by atoms with Gasteiger partial charge in [0.15, 0.2) is 0 Å². The highest BCUT2D eigenvalue weighted by atomic mass is 79.9. The number of benzene rings is 1. The number of rotatable bonds is 5. The summed E-state index contributed by atoms with van der Waals surface area (Å²) in [5.41, 5.74) is 7.91. The van der Waals surface area contributed by atoms with Gasteiger partial charge in [-0.2, -0.15) is 0 Å². The third-order valence-corrected chi connectivity index (χ3v) is 4.99. The van der Waals surface area contributed by atoms with Crippen molar-refractivity contribution in [1.82, 2.24) is 4.90 Å².